The van der Waals surface area contributed by atoms with Crippen molar-refractivity contribution in [2.24, 2.45) is 10.5 Å². The molecule has 16 heteroatoms. The normalized spacial score (nSPS) is 20.2. The fourth-order valence-electron chi connectivity index (χ4n) is 5.66. The van der Waals surface area contributed by atoms with Gasteiger partial charge in [-0.05, 0) is 65.7 Å². The number of hydrazone groups is 1. The van der Waals surface area contributed by atoms with Crippen LogP contribution in [0.4, 0.5) is 5.69 Å². The number of esters is 1. The summed E-state index contributed by atoms with van der Waals surface area (Å²) in [6.07, 6.45) is 9.22. The van der Waals surface area contributed by atoms with E-state index in [-0.39, 0.29) is 79.4 Å². The van der Waals surface area contributed by atoms with Crippen LogP contribution in [0.2, 0.25) is 0 Å². The van der Waals surface area contributed by atoms with Gasteiger partial charge in [0.2, 0.25) is 5.69 Å². The van der Waals surface area contributed by atoms with E-state index < -0.39 is 42.8 Å². The van der Waals surface area contributed by atoms with Crippen molar-refractivity contribution < 1.29 is 79.5 Å². The maximum Gasteiger partial charge on any atom is 1.00 e. The van der Waals surface area contributed by atoms with Gasteiger partial charge in [0.1, 0.15) is 16.5 Å². The van der Waals surface area contributed by atoms with Gasteiger partial charge in [0.25, 0.3) is 0 Å². The number of carbonyl (C=O) groups excluding carboxylic acids is 1. The minimum atomic E-state index is -4.70. The minimum Gasteiger partial charge on any atom is -0.748 e. The molecule has 0 aromatic heterocycles. The van der Waals surface area contributed by atoms with Crippen LogP contribution in [0.15, 0.2) is 64.3 Å². The predicted octanol–water partition coefficient (Wildman–Crippen LogP) is 0.418. The Morgan fingerprint density at radius 1 is 1.09 bits per heavy atom. The van der Waals surface area contributed by atoms with Gasteiger partial charge in [0.15, 0.2) is 12.3 Å². The first kappa shape index (κ1) is 40.5. The molecule has 252 valence electrons. The van der Waals surface area contributed by atoms with Crippen molar-refractivity contribution in [3.8, 4) is 0 Å². The van der Waals surface area contributed by atoms with E-state index in [0.717, 1.165) is 0 Å². The van der Waals surface area contributed by atoms with Crippen LogP contribution >= 0.6 is 0 Å². The molecule has 3 rings (SSSR count). The molecular weight excluding hydrogens is 661 g/mol. The van der Waals surface area contributed by atoms with Crippen molar-refractivity contribution in [2.75, 3.05) is 25.4 Å². The summed E-state index contributed by atoms with van der Waals surface area (Å²) in [7, 11) is -9.10. The largest absolute Gasteiger partial charge is 1.00 e. The molecule has 1 aromatic carbocycles. The Balaban J connectivity index is 0.00000768. The Bertz CT molecular complexity index is 1750. The van der Waals surface area contributed by atoms with Crippen molar-refractivity contribution in [3.63, 3.8) is 0 Å². The zero-order valence-electron chi connectivity index (χ0n) is 27.6. The SMILES string of the molecule is CCOC(=O)CCC1(C)C(C)=NN(CCCS(=O)(=O)[O-])/C1=C/C=C/C=C/C1=[N+](CCC(=O)O)c2ccc(S(=O)(=O)[O-])cc2C1(C)C.[Na+]. The molecule has 0 radical (unpaired) electrons. The molecule has 2 aliphatic rings. The van der Waals surface area contributed by atoms with Crippen LogP contribution in [-0.2, 0) is 40.0 Å². The number of carboxylic acids is 1. The molecule has 1 aromatic rings. The van der Waals surface area contributed by atoms with E-state index in [2.05, 4.69) is 5.10 Å². The topological polar surface area (TPSA) is 197 Å². The molecule has 13 nitrogen and oxygen atoms in total. The Morgan fingerprint density at radius 2 is 1.77 bits per heavy atom. The molecule has 2 heterocycles. The van der Waals surface area contributed by atoms with Crippen LogP contribution in [0.1, 0.15) is 65.9 Å². The van der Waals surface area contributed by atoms with Crippen LogP contribution in [0.3, 0.4) is 0 Å². The summed E-state index contributed by atoms with van der Waals surface area (Å²) in [4.78, 5) is 23.2. The summed E-state index contributed by atoms with van der Waals surface area (Å²) in [5.41, 5.74) is 1.86. The zero-order chi connectivity index (χ0) is 34.5. The Hall–Kier alpha value is -2.66. The number of hydrogen-bond donors (Lipinski definition) is 1. The summed E-state index contributed by atoms with van der Waals surface area (Å²) < 4.78 is 75.5. The summed E-state index contributed by atoms with van der Waals surface area (Å²) >= 11 is 0. The zero-order valence-corrected chi connectivity index (χ0v) is 31.2. The van der Waals surface area contributed by atoms with E-state index in [1.807, 2.05) is 27.7 Å². The standard InChI is InChI=1S/C31H41N3O10S2.Na/c1-6-44-29(37)15-17-31(5)22(2)32-34(18-10-20-45(38,39)40)27(31)12-9-7-8-11-26-30(3,4)24-21-23(46(41,42)43)13-14-25(24)33(26)19-16-28(35)36;/h7-9,11-14,21H,6,10,15-20H2,1-5H3,(H2-,35,36,38,39,40,41,42,43);/q;+1/p-1. The summed E-state index contributed by atoms with van der Waals surface area (Å²) in [6, 6.07) is 4.06. The molecule has 0 fully saturated rings. The number of aliphatic carboxylic acids is 1. The minimum absolute atomic E-state index is 0. The fourth-order valence-corrected chi connectivity index (χ4v) is 6.64. The van der Waals surface area contributed by atoms with Crippen LogP contribution in [0.25, 0.3) is 0 Å². The predicted molar refractivity (Wildman–Crippen MR) is 169 cm³/mol. The molecule has 0 bridgehead atoms. The molecule has 0 aliphatic carbocycles. The Labute approximate surface area is 298 Å². The molecule has 2 aliphatic heterocycles. The van der Waals surface area contributed by atoms with Gasteiger partial charge in [-0.1, -0.05) is 18.2 Å². The monoisotopic (exact) mass is 701 g/mol. The van der Waals surface area contributed by atoms with Crippen molar-refractivity contribution in [3.05, 3.63) is 59.8 Å². The van der Waals surface area contributed by atoms with Gasteiger partial charge in [0.05, 0.1) is 27.0 Å². The number of nitrogens with zero attached hydrogens (tertiary/aromatic N) is 3. The van der Waals surface area contributed by atoms with Gasteiger partial charge >= 0.3 is 41.5 Å². The second kappa shape index (κ2) is 16.2. The maximum absolute atomic E-state index is 12.2. The number of ether oxygens (including phenoxy) is 1. The van der Waals surface area contributed by atoms with Crippen LogP contribution < -0.4 is 29.6 Å². The van der Waals surface area contributed by atoms with Crippen molar-refractivity contribution >= 4 is 49.3 Å². The molecule has 47 heavy (non-hydrogen) atoms. The van der Waals surface area contributed by atoms with Gasteiger partial charge in [-0.2, -0.15) is 9.68 Å². The third-order valence-corrected chi connectivity index (χ3v) is 9.86. The fraction of sp³-hybridized carbons (Fsp3) is 0.484. The quantitative estimate of drug-likeness (QED) is 0.0875. The van der Waals surface area contributed by atoms with E-state index in [9.17, 15) is 40.6 Å². The molecule has 0 amide bonds. The molecular formula is C31H40N3NaO10S2. The smallest absolute Gasteiger partial charge is 0.748 e. The third-order valence-electron chi connectivity index (χ3n) is 8.24. The second-order valence-corrected chi connectivity index (χ2v) is 14.7. The van der Waals surface area contributed by atoms with Crippen LogP contribution in [-0.4, -0.2) is 89.4 Å². The maximum atomic E-state index is 12.2. The van der Waals surface area contributed by atoms with E-state index in [1.54, 1.807) is 46.9 Å². The van der Waals surface area contributed by atoms with E-state index >= 15 is 0 Å². The van der Waals surface area contributed by atoms with Gasteiger partial charge in [-0.15, -0.1) is 0 Å². The summed E-state index contributed by atoms with van der Waals surface area (Å²) in [5.74, 6) is -1.90. The number of hydrogen-bond acceptors (Lipinski definition) is 11. The molecule has 0 saturated carbocycles. The summed E-state index contributed by atoms with van der Waals surface area (Å²) in [6.45, 7) is 9.72. The Morgan fingerprint density at radius 3 is 2.36 bits per heavy atom. The van der Waals surface area contributed by atoms with Crippen molar-refractivity contribution in [2.45, 2.75) is 70.6 Å². The van der Waals surface area contributed by atoms with Crippen molar-refractivity contribution in [1.82, 2.24) is 5.01 Å². The van der Waals surface area contributed by atoms with Gasteiger partial charge in [0, 0.05) is 53.2 Å². The van der Waals surface area contributed by atoms with Crippen LogP contribution in [0, 0.1) is 5.41 Å². The van der Waals surface area contributed by atoms with Gasteiger partial charge in [-0.25, -0.2) is 16.8 Å². The summed E-state index contributed by atoms with van der Waals surface area (Å²) in [5, 5.41) is 15.6. The van der Waals surface area contributed by atoms with Gasteiger partial charge < -0.3 is 18.9 Å². The first-order valence-electron chi connectivity index (χ1n) is 14.8. The first-order valence-corrected chi connectivity index (χ1v) is 17.7. The number of benzene rings is 1. The van der Waals surface area contributed by atoms with Crippen molar-refractivity contribution in [1.29, 1.82) is 0 Å². The number of carboxylic acid groups (broad SMARTS) is 1. The number of allylic oxidation sites excluding steroid dienone is 6. The molecule has 1 N–H and O–H groups in total. The molecule has 0 spiro atoms. The van der Waals surface area contributed by atoms with Crippen LogP contribution in [0.5, 0.6) is 0 Å². The third kappa shape index (κ3) is 10.2. The molecule has 0 saturated heterocycles. The second-order valence-electron chi connectivity index (χ2n) is 11.8. The van der Waals surface area contributed by atoms with Gasteiger partial charge in [-0.3, -0.25) is 14.6 Å². The van der Waals surface area contributed by atoms with E-state index in [0.29, 0.717) is 34.8 Å². The van der Waals surface area contributed by atoms with E-state index in [1.165, 1.54) is 18.2 Å². The number of rotatable bonds is 15. The Kier molecular flexibility index (Phi) is 13.9. The molecule has 1 atom stereocenters. The average Bonchev–Trinajstić information content (AvgIpc) is 3.30. The first-order chi connectivity index (χ1) is 21.3. The number of fused-ring (bicyclic) bond motifs is 1. The number of carbonyl (C=O) groups is 2. The molecule has 1 unspecified atom stereocenters. The average molecular weight is 702 g/mol. The van der Waals surface area contributed by atoms with E-state index in [4.69, 9.17) is 4.74 Å².